The molecule has 2 aromatic rings. The molecule has 0 bridgehead atoms. The number of nitrogens with zero attached hydrogens (tertiary/aromatic N) is 1. The summed E-state index contributed by atoms with van der Waals surface area (Å²) in [4.78, 5) is 4.63. The minimum Gasteiger partial charge on any atom is -0.256 e. The van der Waals surface area contributed by atoms with Crippen molar-refractivity contribution in [1.29, 1.82) is 0 Å². The lowest BCUT2D eigenvalue weighted by Gasteiger charge is -2.21. The number of aromatic nitrogens is 1. The molecule has 2 atom stereocenters. The zero-order valence-corrected chi connectivity index (χ0v) is 13.8. The molecule has 0 aliphatic carbocycles. The molecule has 1 heteroatoms. The van der Waals surface area contributed by atoms with E-state index in [1.807, 2.05) is 6.20 Å². The summed E-state index contributed by atoms with van der Waals surface area (Å²) in [6.45, 7) is 9.00. The first-order valence-electron chi connectivity index (χ1n) is 8.21. The second kappa shape index (κ2) is 7.40. The van der Waals surface area contributed by atoms with Crippen molar-refractivity contribution in [3.63, 3.8) is 0 Å². The van der Waals surface area contributed by atoms with Gasteiger partial charge in [-0.15, -0.1) is 0 Å². The maximum absolute atomic E-state index is 4.63. The van der Waals surface area contributed by atoms with Crippen LogP contribution in [0.15, 0.2) is 36.5 Å². The highest BCUT2D eigenvalue weighted by atomic mass is 14.6. The van der Waals surface area contributed by atoms with Crippen LogP contribution in [0.3, 0.4) is 0 Å². The van der Waals surface area contributed by atoms with Gasteiger partial charge in [-0.1, -0.05) is 57.5 Å². The zero-order valence-electron chi connectivity index (χ0n) is 13.8. The van der Waals surface area contributed by atoms with Crippen LogP contribution in [-0.4, -0.2) is 4.98 Å². The average Bonchev–Trinajstić information content (AvgIpc) is 2.53. The van der Waals surface area contributed by atoms with E-state index in [1.165, 1.54) is 35.8 Å². The van der Waals surface area contributed by atoms with Gasteiger partial charge in [0.1, 0.15) is 0 Å². The van der Waals surface area contributed by atoms with Crippen LogP contribution in [0.2, 0.25) is 0 Å². The van der Waals surface area contributed by atoms with Gasteiger partial charge in [0.25, 0.3) is 0 Å². The molecule has 1 aromatic heterocycles. The summed E-state index contributed by atoms with van der Waals surface area (Å²) >= 11 is 0. The van der Waals surface area contributed by atoms with Crippen molar-refractivity contribution in [3.05, 3.63) is 47.7 Å². The van der Waals surface area contributed by atoms with Crippen molar-refractivity contribution in [3.8, 4) is 0 Å². The number of hydrogen-bond donors (Lipinski definition) is 0. The summed E-state index contributed by atoms with van der Waals surface area (Å²) in [5.74, 6) is 1.41. The summed E-state index contributed by atoms with van der Waals surface area (Å²) in [7, 11) is 0. The Morgan fingerprint density at radius 2 is 1.95 bits per heavy atom. The smallest absolute Gasteiger partial charge is 0.0776 e. The number of rotatable bonds is 6. The number of fused-ring (bicyclic) bond motifs is 1. The highest BCUT2D eigenvalue weighted by Crippen LogP contribution is 2.34. The van der Waals surface area contributed by atoms with E-state index in [1.54, 1.807) is 0 Å². The molecule has 112 valence electrons. The van der Waals surface area contributed by atoms with Crippen molar-refractivity contribution in [2.24, 2.45) is 5.92 Å². The van der Waals surface area contributed by atoms with Gasteiger partial charge in [0.05, 0.1) is 5.52 Å². The monoisotopic (exact) mass is 281 g/mol. The van der Waals surface area contributed by atoms with Gasteiger partial charge in [0.2, 0.25) is 0 Å². The lowest BCUT2D eigenvalue weighted by Crippen LogP contribution is -2.05. The van der Waals surface area contributed by atoms with Crippen LogP contribution in [0.4, 0.5) is 0 Å². The first kappa shape index (κ1) is 15.8. The maximum atomic E-state index is 4.63. The number of benzene rings is 1. The Morgan fingerprint density at radius 3 is 2.62 bits per heavy atom. The second-order valence-electron chi connectivity index (χ2n) is 6.00. The van der Waals surface area contributed by atoms with Gasteiger partial charge < -0.3 is 0 Å². The minimum absolute atomic E-state index is 0.631. The summed E-state index contributed by atoms with van der Waals surface area (Å²) < 4.78 is 0. The SMILES string of the molecule is C/C=C/c1ccc(C(CC)CC(C)CC)c2cccnc12. The minimum atomic E-state index is 0.631. The van der Waals surface area contributed by atoms with Crippen molar-refractivity contribution in [1.82, 2.24) is 4.98 Å². The van der Waals surface area contributed by atoms with E-state index in [4.69, 9.17) is 0 Å². The van der Waals surface area contributed by atoms with E-state index >= 15 is 0 Å². The molecule has 0 N–H and O–H groups in total. The molecule has 2 rings (SSSR count). The molecule has 0 fully saturated rings. The first-order valence-corrected chi connectivity index (χ1v) is 8.21. The summed E-state index contributed by atoms with van der Waals surface area (Å²) in [6, 6.07) is 8.82. The van der Waals surface area contributed by atoms with E-state index in [0.717, 1.165) is 11.4 Å². The highest BCUT2D eigenvalue weighted by molar-refractivity contribution is 5.90. The molecule has 0 saturated heterocycles. The molecule has 0 spiro atoms. The number of allylic oxidation sites excluding steroid dienone is 1. The lowest BCUT2D eigenvalue weighted by molar-refractivity contribution is 0.448. The molecule has 0 radical (unpaired) electrons. The normalized spacial score (nSPS) is 14.7. The lowest BCUT2D eigenvalue weighted by atomic mass is 9.84. The Labute approximate surface area is 129 Å². The average molecular weight is 281 g/mol. The van der Waals surface area contributed by atoms with E-state index in [2.05, 4.69) is 69.1 Å². The van der Waals surface area contributed by atoms with Crippen molar-refractivity contribution in [2.75, 3.05) is 0 Å². The Hall–Kier alpha value is -1.63. The molecular weight excluding hydrogens is 254 g/mol. The van der Waals surface area contributed by atoms with Crippen LogP contribution in [0.1, 0.15) is 64.0 Å². The van der Waals surface area contributed by atoms with Crippen LogP contribution < -0.4 is 0 Å². The third-order valence-electron chi connectivity index (χ3n) is 4.50. The third-order valence-corrected chi connectivity index (χ3v) is 4.50. The molecule has 2 unspecified atom stereocenters. The summed E-state index contributed by atoms with van der Waals surface area (Å²) in [5.41, 5.74) is 3.82. The van der Waals surface area contributed by atoms with Gasteiger partial charge in [-0.05, 0) is 43.2 Å². The van der Waals surface area contributed by atoms with Crippen molar-refractivity contribution >= 4 is 17.0 Å². The Kier molecular flexibility index (Phi) is 5.55. The van der Waals surface area contributed by atoms with Crippen LogP contribution in [0, 0.1) is 5.92 Å². The molecule has 0 aliphatic rings. The van der Waals surface area contributed by atoms with E-state index in [0.29, 0.717) is 5.92 Å². The van der Waals surface area contributed by atoms with E-state index < -0.39 is 0 Å². The van der Waals surface area contributed by atoms with E-state index in [9.17, 15) is 0 Å². The van der Waals surface area contributed by atoms with Crippen molar-refractivity contribution < 1.29 is 0 Å². The summed E-state index contributed by atoms with van der Waals surface area (Å²) in [5, 5.41) is 1.32. The molecule has 21 heavy (non-hydrogen) atoms. The fraction of sp³-hybridized carbons (Fsp3) is 0.450. The van der Waals surface area contributed by atoms with Gasteiger partial charge in [0, 0.05) is 17.1 Å². The molecule has 1 aromatic carbocycles. The largest absolute Gasteiger partial charge is 0.256 e. The molecule has 1 heterocycles. The van der Waals surface area contributed by atoms with Gasteiger partial charge in [-0.3, -0.25) is 4.98 Å². The Bertz CT molecular complexity index is 612. The van der Waals surface area contributed by atoms with Gasteiger partial charge >= 0.3 is 0 Å². The van der Waals surface area contributed by atoms with Gasteiger partial charge in [-0.25, -0.2) is 0 Å². The van der Waals surface area contributed by atoms with Gasteiger partial charge in [0.15, 0.2) is 0 Å². The fourth-order valence-corrected chi connectivity index (χ4v) is 3.05. The Morgan fingerprint density at radius 1 is 1.14 bits per heavy atom. The standard InChI is InChI=1S/C20H27N/c1-5-9-17-11-12-18(16(7-3)14-15(4)6-2)19-10-8-13-21-20(17)19/h5,8-13,15-16H,6-7,14H2,1-4H3/b9-5+. The second-order valence-corrected chi connectivity index (χ2v) is 6.00. The predicted octanol–water partition coefficient (Wildman–Crippen LogP) is 6.20. The topological polar surface area (TPSA) is 12.9 Å². The predicted molar refractivity (Wildman–Crippen MR) is 93.6 cm³/mol. The Balaban J connectivity index is 2.51. The number of hydrogen-bond acceptors (Lipinski definition) is 1. The van der Waals surface area contributed by atoms with Crippen LogP contribution in [0.25, 0.3) is 17.0 Å². The highest BCUT2D eigenvalue weighted by Gasteiger charge is 2.16. The van der Waals surface area contributed by atoms with E-state index in [-0.39, 0.29) is 0 Å². The third kappa shape index (κ3) is 3.53. The zero-order chi connectivity index (χ0) is 15.2. The molecule has 0 saturated carbocycles. The molecule has 0 amide bonds. The van der Waals surface area contributed by atoms with Crippen LogP contribution >= 0.6 is 0 Å². The van der Waals surface area contributed by atoms with Crippen LogP contribution in [0.5, 0.6) is 0 Å². The molecular formula is C20H27N. The maximum Gasteiger partial charge on any atom is 0.0776 e. The van der Waals surface area contributed by atoms with Gasteiger partial charge in [-0.2, -0.15) is 0 Å². The van der Waals surface area contributed by atoms with Crippen LogP contribution in [-0.2, 0) is 0 Å². The quantitative estimate of drug-likeness (QED) is 0.614. The molecule has 1 nitrogen and oxygen atoms in total. The molecule has 0 aliphatic heterocycles. The number of pyridine rings is 1. The summed E-state index contributed by atoms with van der Waals surface area (Å²) in [6.07, 6.45) is 9.84. The fourth-order valence-electron chi connectivity index (χ4n) is 3.05. The van der Waals surface area contributed by atoms with Crippen molar-refractivity contribution in [2.45, 2.75) is 52.9 Å². The first-order chi connectivity index (χ1) is 10.2.